The molecule has 0 aromatic heterocycles. The van der Waals surface area contributed by atoms with Crippen LogP contribution in [0.3, 0.4) is 0 Å². The lowest BCUT2D eigenvalue weighted by atomic mass is 9.99. The zero-order valence-electron chi connectivity index (χ0n) is 17.3. The zero-order valence-corrected chi connectivity index (χ0v) is 18.8. The summed E-state index contributed by atoms with van der Waals surface area (Å²) in [7, 11) is 0. The third-order valence-electron chi connectivity index (χ3n) is 6.11. The molecule has 2 aromatic carbocycles. The van der Waals surface area contributed by atoms with Crippen molar-refractivity contribution in [1.82, 2.24) is 5.32 Å². The van der Waals surface area contributed by atoms with Gasteiger partial charge in [0.15, 0.2) is 0 Å². The van der Waals surface area contributed by atoms with Crippen molar-refractivity contribution in [3.63, 3.8) is 0 Å². The molecule has 164 valence electrons. The molecule has 1 N–H and O–H groups in total. The number of halogens is 3. The van der Waals surface area contributed by atoms with Gasteiger partial charge in [0.25, 0.3) is 5.91 Å². The minimum Gasteiger partial charge on any atom is -0.351 e. The Morgan fingerprint density at radius 3 is 2.45 bits per heavy atom. The van der Waals surface area contributed by atoms with Crippen molar-refractivity contribution in [2.75, 3.05) is 11.6 Å². The molecule has 1 amide bonds. The molecule has 2 aromatic rings. The lowest BCUT2D eigenvalue weighted by Crippen LogP contribution is -2.34. The topological polar surface area (TPSA) is 44.7 Å². The molecule has 1 aliphatic heterocycles. The Balaban J connectivity index is 1.54. The van der Waals surface area contributed by atoms with Gasteiger partial charge in [-0.15, -0.1) is 0 Å². The van der Waals surface area contributed by atoms with E-state index in [1.54, 1.807) is 35.3 Å². The van der Waals surface area contributed by atoms with Gasteiger partial charge in [-0.3, -0.25) is 9.80 Å². The molecular formula is C24H26Cl2FN3O. The van der Waals surface area contributed by atoms with Gasteiger partial charge < -0.3 is 5.32 Å². The Morgan fingerprint density at radius 2 is 1.77 bits per heavy atom. The third kappa shape index (κ3) is 5.39. The molecule has 4 nitrogen and oxygen atoms in total. The quantitative estimate of drug-likeness (QED) is 0.514. The summed E-state index contributed by atoms with van der Waals surface area (Å²) in [5.74, 6) is 0.0761. The normalized spacial score (nSPS) is 19.8. The van der Waals surface area contributed by atoms with Crippen LogP contribution >= 0.6 is 23.2 Å². The first kappa shape index (κ1) is 22.1. The molecule has 1 saturated carbocycles. The monoisotopic (exact) mass is 461 g/mol. The molecule has 0 spiro atoms. The van der Waals surface area contributed by atoms with E-state index in [0.717, 1.165) is 18.4 Å². The predicted molar refractivity (Wildman–Crippen MR) is 124 cm³/mol. The van der Waals surface area contributed by atoms with Gasteiger partial charge in [0.1, 0.15) is 11.5 Å². The maximum absolute atomic E-state index is 13.5. The third-order valence-corrected chi connectivity index (χ3v) is 6.65. The molecule has 2 aliphatic rings. The van der Waals surface area contributed by atoms with E-state index < -0.39 is 0 Å². The highest BCUT2D eigenvalue weighted by Crippen LogP contribution is 2.39. The largest absolute Gasteiger partial charge is 0.351 e. The van der Waals surface area contributed by atoms with E-state index in [1.165, 1.54) is 37.8 Å². The molecule has 1 unspecified atom stereocenters. The van der Waals surface area contributed by atoms with Crippen LogP contribution in [0.4, 0.5) is 10.1 Å². The molecule has 1 atom stereocenters. The fraction of sp³-hybridized carbons (Fsp3) is 0.417. The van der Waals surface area contributed by atoms with Gasteiger partial charge in [-0.1, -0.05) is 61.0 Å². The van der Waals surface area contributed by atoms with Crippen LogP contribution in [0.5, 0.6) is 0 Å². The molecule has 0 bridgehead atoms. The average Bonchev–Trinajstić information content (AvgIpc) is 3.02. The van der Waals surface area contributed by atoms with Crippen LogP contribution in [0.1, 0.15) is 56.6 Å². The number of hydrogen-bond donors (Lipinski definition) is 1. The van der Waals surface area contributed by atoms with E-state index in [0.29, 0.717) is 40.3 Å². The van der Waals surface area contributed by atoms with Gasteiger partial charge in [0, 0.05) is 18.0 Å². The summed E-state index contributed by atoms with van der Waals surface area (Å²) in [4.78, 5) is 12.9. The van der Waals surface area contributed by atoms with Crippen molar-refractivity contribution >= 4 is 40.5 Å². The van der Waals surface area contributed by atoms with E-state index in [-0.39, 0.29) is 17.8 Å². The molecule has 1 fully saturated rings. The van der Waals surface area contributed by atoms with Crippen molar-refractivity contribution in [2.45, 2.75) is 51.0 Å². The summed E-state index contributed by atoms with van der Waals surface area (Å²) >= 11 is 12.5. The Labute approximate surface area is 192 Å². The second-order valence-electron chi connectivity index (χ2n) is 8.33. The van der Waals surface area contributed by atoms with Crippen LogP contribution in [-0.2, 0) is 4.79 Å². The van der Waals surface area contributed by atoms with Gasteiger partial charge in [0.05, 0.1) is 16.8 Å². The molecule has 7 heteroatoms. The molecule has 1 heterocycles. The second-order valence-corrected chi connectivity index (χ2v) is 9.17. The van der Waals surface area contributed by atoms with Gasteiger partial charge in [-0.05, 0) is 54.7 Å². The van der Waals surface area contributed by atoms with Crippen molar-refractivity contribution in [3.8, 4) is 0 Å². The summed E-state index contributed by atoms with van der Waals surface area (Å²) in [5, 5.41) is 10.4. The lowest BCUT2D eigenvalue weighted by Gasteiger charge is -2.25. The smallest absolute Gasteiger partial charge is 0.267 e. The number of nitrogens with one attached hydrogen (secondary N) is 1. The Bertz CT molecular complexity index is 956. The van der Waals surface area contributed by atoms with Crippen LogP contribution in [0.2, 0.25) is 10.0 Å². The number of carbonyl (C=O) groups excluding carboxylic acids is 1. The SMILES string of the molecule is O=C(NCC1CCCCCC1)C1=NN(c2ccc(Cl)cc2Cl)C(c2ccc(F)cc2)C1. The fourth-order valence-electron chi connectivity index (χ4n) is 4.39. The van der Waals surface area contributed by atoms with E-state index in [1.807, 2.05) is 0 Å². The van der Waals surface area contributed by atoms with E-state index in [9.17, 15) is 9.18 Å². The average molecular weight is 462 g/mol. The summed E-state index contributed by atoms with van der Waals surface area (Å²) in [6.07, 6.45) is 7.78. The summed E-state index contributed by atoms with van der Waals surface area (Å²) in [6.45, 7) is 0.681. The van der Waals surface area contributed by atoms with Crippen LogP contribution in [0.25, 0.3) is 0 Å². The first-order valence-corrected chi connectivity index (χ1v) is 11.6. The Hall–Kier alpha value is -2.11. The number of anilines is 1. The maximum Gasteiger partial charge on any atom is 0.267 e. The standard InChI is InChI=1S/C24H26Cl2FN3O/c25-18-9-12-22(20(26)13-18)30-23(17-7-10-19(27)11-8-17)14-21(29-30)24(31)28-15-16-5-3-1-2-4-6-16/h7-13,16,23H,1-6,14-15H2,(H,28,31). The van der Waals surface area contributed by atoms with Crippen LogP contribution in [-0.4, -0.2) is 18.2 Å². The van der Waals surface area contributed by atoms with E-state index in [4.69, 9.17) is 23.2 Å². The van der Waals surface area contributed by atoms with Gasteiger partial charge in [0.2, 0.25) is 0 Å². The number of carbonyl (C=O) groups is 1. The predicted octanol–water partition coefficient (Wildman–Crippen LogP) is 6.53. The van der Waals surface area contributed by atoms with Crippen molar-refractivity contribution in [1.29, 1.82) is 0 Å². The molecule has 0 saturated heterocycles. The number of hydrogen-bond acceptors (Lipinski definition) is 3. The summed E-state index contributed by atoms with van der Waals surface area (Å²) in [5.41, 5.74) is 1.98. The van der Waals surface area contributed by atoms with Gasteiger partial charge in [-0.2, -0.15) is 5.10 Å². The molecular weight excluding hydrogens is 436 g/mol. The minimum atomic E-state index is -0.305. The van der Waals surface area contributed by atoms with Crippen LogP contribution in [0.15, 0.2) is 47.6 Å². The summed E-state index contributed by atoms with van der Waals surface area (Å²) < 4.78 is 13.5. The minimum absolute atomic E-state index is 0.149. The lowest BCUT2D eigenvalue weighted by molar-refractivity contribution is -0.115. The van der Waals surface area contributed by atoms with Gasteiger partial charge >= 0.3 is 0 Å². The van der Waals surface area contributed by atoms with Crippen LogP contribution in [0, 0.1) is 11.7 Å². The highest BCUT2D eigenvalue weighted by atomic mass is 35.5. The van der Waals surface area contributed by atoms with Crippen LogP contribution < -0.4 is 10.3 Å². The van der Waals surface area contributed by atoms with Gasteiger partial charge in [-0.25, -0.2) is 4.39 Å². The summed E-state index contributed by atoms with van der Waals surface area (Å²) in [6, 6.07) is 11.2. The van der Waals surface area contributed by atoms with Crippen molar-refractivity contribution in [2.24, 2.45) is 11.0 Å². The van der Waals surface area contributed by atoms with E-state index >= 15 is 0 Å². The van der Waals surface area contributed by atoms with Crippen molar-refractivity contribution < 1.29 is 9.18 Å². The molecule has 31 heavy (non-hydrogen) atoms. The molecule has 1 aliphatic carbocycles. The van der Waals surface area contributed by atoms with Crippen molar-refractivity contribution in [3.05, 3.63) is 63.9 Å². The first-order valence-electron chi connectivity index (χ1n) is 10.9. The Kier molecular flexibility index (Phi) is 7.13. The fourth-order valence-corrected chi connectivity index (χ4v) is 4.88. The number of nitrogens with zero attached hydrogens (tertiary/aromatic N) is 2. The number of rotatable bonds is 5. The highest BCUT2D eigenvalue weighted by Gasteiger charge is 2.33. The Morgan fingerprint density at radius 1 is 1.06 bits per heavy atom. The second kappa shape index (κ2) is 10.0. The number of benzene rings is 2. The zero-order chi connectivity index (χ0) is 21.8. The number of hydrazone groups is 1. The molecule has 4 rings (SSSR count). The maximum atomic E-state index is 13.5. The number of amides is 1. The first-order chi connectivity index (χ1) is 15.0. The van der Waals surface area contributed by atoms with E-state index in [2.05, 4.69) is 10.4 Å². The highest BCUT2D eigenvalue weighted by molar-refractivity contribution is 6.40. The molecule has 0 radical (unpaired) electrons.